The first kappa shape index (κ1) is 25.2. The van der Waals surface area contributed by atoms with Crippen molar-refractivity contribution in [1.82, 2.24) is 9.88 Å². The summed E-state index contributed by atoms with van der Waals surface area (Å²) in [6.45, 7) is 10.1. The van der Waals surface area contributed by atoms with E-state index in [9.17, 15) is 14.7 Å². The normalized spacial score (nSPS) is 18.0. The van der Waals surface area contributed by atoms with Crippen LogP contribution in [0.25, 0.3) is 22.4 Å². The summed E-state index contributed by atoms with van der Waals surface area (Å²) >= 11 is 0. The van der Waals surface area contributed by atoms with Crippen molar-refractivity contribution in [2.45, 2.75) is 77.8 Å². The number of Topliss-reactive ketones (excluding diaryl/α,β-unsaturated/α-hetero) is 1. The number of carboxylic acid groups (broad SMARTS) is 1. The summed E-state index contributed by atoms with van der Waals surface area (Å²) in [5.41, 5.74) is 5.27. The Balaban J connectivity index is 1.62. The molecule has 0 saturated heterocycles. The number of hydrogen-bond acceptors (Lipinski definition) is 3. The first-order valence-electron chi connectivity index (χ1n) is 13.2. The summed E-state index contributed by atoms with van der Waals surface area (Å²) in [6, 6.07) is 20.4. The molecule has 5 heteroatoms. The van der Waals surface area contributed by atoms with Gasteiger partial charge in [0.05, 0.1) is 16.9 Å². The number of fused-ring (bicyclic) bond motifs is 1. The highest BCUT2D eigenvalue weighted by atomic mass is 16.4. The zero-order chi connectivity index (χ0) is 26.6. The van der Waals surface area contributed by atoms with Crippen molar-refractivity contribution in [3.05, 3.63) is 77.5 Å². The zero-order valence-corrected chi connectivity index (χ0v) is 22.5. The van der Waals surface area contributed by atoms with Gasteiger partial charge in [-0.2, -0.15) is 0 Å². The van der Waals surface area contributed by atoms with Gasteiger partial charge in [0.2, 0.25) is 0 Å². The summed E-state index contributed by atoms with van der Waals surface area (Å²) in [5, 5.41) is 10.1. The van der Waals surface area contributed by atoms with Gasteiger partial charge in [0.25, 0.3) is 0 Å². The lowest BCUT2D eigenvalue weighted by atomic mass is 9.69. The number of nitrogens with zero attached hydrogens (tertiary/aromatic N) is 2. The van der Waals surface area contributed by atoms with E-state index in [1.54, 1.807) is 4.90 Å². The number of hydrogen-bond donors (Lipinski definition) is 1. The van der Waals surface area contributed by atoms with Gasteiger partial charge in [-0.1, -0.05) is 68.4 Å². The van der Waals surface area contributed by atoms with Gasteiger partial charge in [-0.05, 0) is 69.1 Å². The van der Waals surface area contributed by atoms with E-state index in [0.29, 0.717) is 6.42 Å². The van der Waals surface area contributed by atoms with Crippen molar-refractivity contribution in [2.24, 2.45) is 5.41 Å². The van der Waals surface area contributed by atoms with E-state index in [-0.39, 0.29) is 11.2 Å². The van der Waals surface area contributed by atoms with Crippen LogP contribution >= 0.6 is 0 Å². The molecular weight excluding hydrogens is 460 g/mol. The van der Waals surface area contributed by atoms with Crippen LogP contribution in [0.3, 0.4) is 0 Å². The predicted molar refractivity (Wildman–Crippen MR) is 147 cm³/mol. The van der Waals surface area contributed by atoms with Crippen LogP contribution in [0, 0.1) is 5.41 Å². The van der Waals surface area contributed by atoms with Crippen LogP contribution in [-0.4, -0.2) is 32.4 Å². The van der Waals surface area contributed by atoms with Crippen LogP contribution in [0.1, 0.15) is 81.9 Å². The maximum Gasteiger partial charge on any atom is 0.408 e. The van der Waals surface area contributed by atoms with Crippen LogP contribution in [0.4, 0.5) is 4.79 Å². The largest absolute Gasteiger partial charge is 0.465 e. The Morgan fingerprint density at radius 2 is 1.57 bits per heavy atom. The molecule has 37 heavy (non-hydrogen) atoms. The van der Waals surface area contributed by atoms with E-state index in [1.165, 1.54) is 0 Å². The van der Waals surface area contributed by atoms with Gasteiger partial charge < -0.3 is 5.11 Å². The SMILES string of the molecule is CC1(C)CC(=O)c2cc(-c3ccccc3)c(-c3ccc(C4(N(C(=O)O)C(C)(C)C)CCC4)cc3)nc2C1. The third-order valence-electron chi connectivity index (χ3n) is 7.94. The Labute approximate surface area is 219 Å². The molecule has 0 bridgehead atoms. The second-order valence-electron chi connectivity index (χ2n) is 12.4. The average Bonchev–Trinajstić information content (AvgIpc) is 2.79. The van der Waals surface area contributed by atoms with Gasteiger partial charge in [0.15, 0.2) is 5.78 Å². The summed E-state index contributed by atoms with van der Waals surface area (Å²) in [7, 11) is 0. The number of ketones is 1. The minimum atomic E-state index is -0.883. The van der Waals surface area contributed by atoms with Gasteiger partial charge in [0, 0.05) is 28.7 Å². The highest BCUT2D eigenvalue weighted by molar-refractivity contribution is 6.01. The number of rotatable bonds is 4. The maximum atomic E-state index is 13.0. The molecule has 1 aromatic heterocycles. The van der Waals surface area contributed by atoms with Crippen molar-refractivity contribution in [3.8, 4) is 22.4 Å². The lowest BCUT2D eigenvalue weighted by molar-refractivity contribution is -0.0328. The van der Waals surface area contributed by atoms with E-state index < -0.39 is 17.2 Å². The quantitative estimate of drug-likeness (QED) is 0.401. The second kappa shape index (κ2) is 8.83. The Morgan fingerprint density at radius 3 is 2.11 bits per heavy atom. The Kier molecular flexibility index (Phi) is 6.01. The molecule has 0 radical (unpaired) electrons. The maximum absolute atomic E-state index is 13.0. The molecule has 2 aromatic carbocycles. The summed E-state index contributed by atoms with van der Waals surface area (Å²) in [5.74, 6) is 0.153. The average molecular weight is 497 g/mol. The molecule has 192 valence electrons. The van der Waals surface area contributed by atoms with Gasteiger partial charge >= 0.3 is 6.09 Å². The standard InChI is InChI=1S/C32H36N2O3/c1-30(2,3)34(29(36)37)32(16-9-17-32)23-14-12-22(13-15-23)28-24(21-10-7-6-8-11-21)18-25-26(33-28)19-31(4,5)20-27(25)35/h6-8,10-15,18H,9,16-17,19-20H2,1-5H3,(H,36,37). The van der Waals surface area contributed by atoms with Crippen molar-refractivity contribution < 1.29 is 14.7 Å². The fourth-order valence-corrected chi connectivity index (χ4v) is 6.23. The van der Waals surface area contributed by atoms with Gasteiger partial charge in [0.1, 0.15) is 0 Å². The lowest BCUT2D eigenvalue weighted by Crippen LogP contribution is -2.60. The number of aromatic nitrogens is 1. The van der Waals surface area contributed by atoms with Crippen LogP contribution in [0.15, 0.2) is 60.7 Å². The van der Waals surface area contributed by atoms with E-state index in [4.69, 9.17) is 4.98 Å². The molecule has 1 fully saturated rings. The van der Waals surface area contributed by atoms with Crippen molar-refractivity contribution in [1.29, 1.82) is 0 Å². The molecule has 3 aromatic rings. The molecule has 2 aliphatic carbocycles. The topological polar surface area (TPSA) is 70.5 Å². The summed E-state index contributed by atoms with van der Waals surface area (Å²) in [4.78, 5) is 32.1. The third kappa shape index (κ3) is 4.45. The summed E-state index contributed by atoms with van der Waals surface area (Å²) < 4.78 is 0. The van der Waals surface area contributed by atoms with E-state index >= 15 is 0 Å². The molecule has 5 rings (SSSR count). The lowest BCUT2D eigenvalue weighted by Gasteiger charge is -2.54. The van der Waals surface area contributed by atoms with Gasteiger partial charge in [-0.25, -0.2) is 4.79 Å². The van der Waals surface area contributed by atoms with E-state index in [1.807, 2.05) is 45.0 Å². The number of pyridine rings is 1. The first-order chi connectivity index (χ1) is 17.4. The third-order valence-corrected chi connectivity index (χ3v) is 7.94. The monoisotopic (exact) mass is 496 g/mol. The van der Waals surface area contributed by atoms with Crippen LogP contribution < -0.4 is 0 Å². The van der Waals surface area contributed by atoms with Crippen LogP contribution in [0.2, 0.25) is 0 Å². The molecule has 0 spiro atoms. The molecule has 1 heterocycles. The molecule has 0 atom stereocenters. The van der Waals surface area contributed by atoms with Crippen LogP contribution in [0.5, 0.6) is 0 Å². The van der Waals surface area contributed by atoms with Crippen molar-refractivity contribution in [3.63, 3.8) is 0 Å². The summed E-state index contributed by atoms with van der Waals surface area (Å²) in [6.07, 6.45) is 3.05. The Morgan fingerprint density at radius 1 is 0.919 bits per heavy atom. The second-order valence-corrected chi connectivity index (χ2v) is 12.4. The first-order valence-corrected chi connectivity index (χ1v) is 13.2. The minimum absolute atomic E-state index is 0.115. The molecule has 0 aliphatic heterocycles. The Bertz CT molecular complexity index is 1350. The van der Waals surface area contributed by atoms with Gasteiger partial charge in [-0.15, -0.1) is 0 Å². The number of carbonyl (C=O) groups excluding carboxylic acids is 1. The Hall–Kier alpha value is -3.47. The van der Waals surface area contributed by atoms with Gasteiger partial charge in [-0.3, -0.25) is 14.7 Å². The molecule has 1 N–H and O–H groups in total. The molecule has 2 aliphatic rings. The molecule has 5 nitrogen and oxygen atoms in total. The number of amides is 1. The van der Waals surface area contributed by atoms with E-state index in [0.717, 1.165) is 64.9 Å². The predicted octanol–water partition coefficient (Wildman–Crippen LogP) is 7.73. The van der Waals surface area contributed by atoms with E-state index in [2.05, 4.69) is 50.2 Å². The number of carbonyl (C=O) groups is 2. The fourth-order valence-electron chi connectivity index (χ4n) is 6.23. The fraction of sp³-hybridized carbons (Fsp3) is 0.406. The number of benzene rings is 2. The molecule has 0 unspecified atom stereocenters. The van der Waals surface area contributed by atoms with Crippen molar-refractivity contribution in [2.75, 3.05) is 0 Å². The minimum Gasteiger partial charge on any atom is -0.465 e. The molecule has 1 saturated carbocycles. The molecular formula is C32H36N2O3. The van der Waals surface area contributed by atoms with Crippen LogP contribution in [-0.2, 0) is 12.0 Å². The smallest absolute Gasteiger partial charge is 0.408 e. The highest BCUT2D eigenvalue weighted by Crippen LogP contribution is 2.50. The zero-order valence-electron chi connectivity index (χ0n) is 22.5. The highest BCUT2D eigenvalue weighted by Gasteiger charge is 2.50. The van der Waals surface area contributed by atoms with Crippen molar-refractivity contribution >= 4 is 11.9 Å². The molecule has 1 amide bonds.